The van der Waals surface area contributed by atoms with Gasteiger partial charge in [-0.3, -0.25) is 9.59 Å². The quantitative estimate of drug-likeness (QED) is 0.672. The topological polar surface area (TPSA) is 89.6 Å². The minimum absolute atomic E-state index is 0.0350. The lowest BCUT2D eigenvalue weighted by atomic mass is 9.98. The van der Waals surface area contributed by atoms with Gasteiger partial charge in [-0.2, -0.15) is 0 Å². The van der Waals surface area contributed by atoms with E-state index in [0.29, 0.717) is 0 Å². The van der Waals surface area contributed by atoms with Gasteiger partial charge in [-0.25, -0.2) is 0 Å². The molecule has 0 saturated heterocycles. The van der Waals surface area contributed by atoms with Gasteiger partial charge >= 0.3 is 11.9 Å². The summed E-state index contributed by atoms with van der Waals surface area (Å²) in [4.78, 5) is 21.7. The third-order valence-electron chi connectivity index (χ3n) is 2.55. The predicted molar refractivity (Wildman–Crippen MR) is 53.2 cm³/mol. The second kappa shape index (κ2) is 5.70. The number of carboxylic acids is 1. The van der Waals surface area contributed by atoms with Crippen LogP contribution in [-0.4, -0.2) is 29.2 Å². The summed E-state index contributed by atoms with van der Waals surface area (Å²) in [5.74, 6) is -1.67. The van der Waals surface area contributed by atoms with Crippen molar-refractivity contribution in [2.75, 3.05) is 0 Å². The van der Waals surface area contributed by atoms with Gasteiger partial charge in [0, 0.05) is 0 Å². The molecule has 1 rings (SSSR count). The van der Waals surface area contributed by atoms with Gasteiger partial charge in [0.25, 0.3) is 0 Å². The van der Waals surface area contributed by atoms with E-state index >= 15 is 0 Å². The number of carbonyl (C=O) groups excluding carboxylic acids is 1. The second-order valence-electron chi connectivity index (χ2n) is 3.90. The van der Waals surface area contributed by atoms with Gasteiger partial charge in [-0.05, 0) is 25.7 Å². The summed E-state index contributed by atoms with van der Waals surface area (Å²) in [6.45, 7) is 0. The van der Waals surface area contributed by atoms with Crippen LogP contribution < -0.4 is 5.73 Å². The van der Waals surface area contributed by atoms with E-state index in [1.165, 1.54) is 6.42 Å². The van der Waals surface area contributed by atoms with E-state index in [1.54, 1.807) is 0 Å². The largest absolute Gasteiger partial charge is 0.480 e. The molecule has 1 unspecified atom stereocenters. The Bertz CT molecular complexity index is 236. The number of rotatable bonds is 4. The number of hydrogen-bond donors (Lipinski definition) is 2. The number of aliphatic carboxylic acids is 1. The van der Waals surface area contributed by atoms with Crippen molar-refractivity contribution in [2.45, 2.75) is 50.7 Å². The Labute approximate surface area is 88.6 Å². The Morgan fingerprint density at radius 3 is 2.47 bits per heavy atom. The number of carbonyl (C=O) groups is 2. The van der Waals surface area contributed by atoms with Crippen LogP contribution in [-0.2, 0) is 14.3 Å². The Hall–Kier alpha value is -1.10. The molecule has 0 aromatic carbocycles. The van der Waals surface area contributed by atoms with Crippen LogP contribution in [0.2, 0.25) is 0 Å². The Morgan fingerprint density at radius 2 is 1.93 bits per heavy atom. The molecular weight excluding hydrogens is 198 g/mol. The summed E-state index contributed by atoms with van der Waals surface area (Å²) < 4.78 is 5.13. The summed E-state index contributed by atoms with van der Waals surface area (Å²) in [5, 5.41) is 8.50. The molecule has 3 N–H and O–H groups in total. The molecule has 15 heavy (non-hydrogen) atoms. The number of nitrogens with two attached hydrogens (primary N) is 1. The molecule has 1 saturated carbocycles. The molecule has 0 aromatic heterocycles. The van der Waals surface area contributed by atoms with E-state index in [4.69, 9.17) is 15.6 Å². The molecule has 0 radical (unpaired) electrons. The summed E-state index contributed by atoms with van der Waals surface area (Å²) >= 11 is 0. The van der Waals surface area contributed by atoms with Crippen molar-refractivity contribution >= 4 is 11.9 Å². The summed E-state index contributed by atoms with van der Waals surface area (Å²) in [6, 6.07) is -1.15. The average molecular weight is 215 g/mol. The Kier molecular flexibility index (Phi) is 4.55. The first-order valence-corrected chi connectivity index (χ1v) is 5.27. The molecule has 86 valence electrons. The number of hydrogen-bond acceptors (Lipinski definition) is 4. The average Bonchev–Trinajstić information content (AvgIpc) is 2.18. The summed E-state index contributed by atoms with van der Waals surface area (Å²) in [5.41, 5.74) is 5.22. The summed E-state index contributed by atoms with van der Waals surface area (Å²) in [7, 11) is 0. The van der Waals surface area contributed by atoms with E-state index < -0.39 is 18.0 Å². The van der Waals surface area contributed by atoms with Crippen LogP contribution in [0.15, 0.2) is 0 Å². The fraction of sp³-hybridized carbons (Fsp3) is 0.800. The molecule has 1 fully saturated rings. The maximum Gasteiger partial charge on any atom is 0.321 e. The summed E-state index contributed by atoms with van der Waals surface area (Å²) in [6.07, 6.45) is 4.81. The first-order chi connectivity index (χ1) is 7.09. The molecule has 5 nitrogen and oxygen atoms in total. The monoisotopic (exact) mass is 215 g/mol. The van der Waals surface area contributed by atoms with Gasteiger partial charge in [-0.15, -0.1) is 0 Å². The minimum Gasteiger partial charge on any atom is -0.480 e. The zero-order chi connectivity index (χ0) is 11.3. The third kappa shape index (κ3) is 4.29. The van der Waals surface area contributed by atoms with Gasteiger partial charge in [0.2, 0.25) is 0 Å². The highest BCUT2D eigenvalue weighted by molar-refractivity contribution is 5.81. The van der Waals surface area contributed by atoms with Crippen molar-refractivity contribution < 1.29 is 19.4 Å². The van der Waals surface area contributed by atoms with Crippen LogP contribution in [0.5, 0.6) is 0 Å². The number of ether oxygens (including phenoxy) is 1. The standard InChI is InChI=1S/C10H17NO4/c11-8(10(13)14)6-9(12)15-7-4-2-1-3-5-7/h7-8H,1-6,11H2,(H,13,14). The Morgan fingerprint density at radius 1 is 1.33 bits per heavy atom. The van der Waals surface area contributed by atoms with Crippen molar-refractivity contribution in [3.8, 4) is 0 Å². The van der Waals surface area contributed by atoms with Crippen LogP contribution in [0.4, 0.5) is 0 Å². The van der Waals surface area contributed by atoms with Gasteiger partial charge in [0.05, 0.1) is 6.42 Å². The van der Waals surface area contributed by atoms with E-state index in [2.05, 4.69) is 0 Å². The molecule has 0 aliphatic heterocycles. The van der Waals surface area contributed by atoms with E-state index in [1.807, 2.05) is 0 Å². The number of carboxylic acid groups (broad SMARTS) is 1. The van der Waals surface area contributed by atoms with E-state index in [0.717, 1.165) is 25.7 Å². The highest BCUT2D eigenvalue weighted by atomic mass is 16.5. The first kappa shape index (κ1) is 12.0. The van der Waals surface area contributed by atoms with E-state index in [9.17, 15) is 9.59 Å². The lowest BCUT2D eigenvalue weighted by molar-refractivity contribution is -0.154. The molecular formula is C10H17NO4. The van der Waals surface area contributed by atoms with Gasteiger partial charge in [-0.1, -0.05) is 6.42 Å². The maximum absolute atomic E-state index is 11.3. The van der Waals surface area contributed by atoms with Crippen molar-refractivity contribution in [1.82, 2.24) is 0 Å². The lowest BCUT2D eigenvalue weighted by Gasteiger charge is -2.22. The predicted octanol–water partition coefficient (Wildman–Crippen LogP) is 0.664. The fourth-order valence-corrected chi connectivity index (χ4v) is 1.68. The van der Waals surface area contributed by atoms with Gasteiger partial charge in [0.15, 0.2) is 0 Å². The van der Waals surface area contributed by atoms with Crippen molar-refractivity contribution in [2.24, 2.45) is 5.73 Å². The van der Waals surface area contributed by atoms with Crippen LogP contribution in [0, 0.1) is 0 Å². The lowest BCUT2D eigenvalue weighted by Crippen LogP contribution is -2.34. The van der Waals surface area contributed by atoms with Crippen LogP contribution in [0.25, 0.3) is 0 Å². The SMILES string of the molecule is NC(CC(=O)OC1CCCCC1)C(=O)O. The molecule has 1 atom stereocenters. The molecule has 1 aliphatic carbocycles. The molecule has 0 bridgehead atoms. The Balaban J connectivity index is 2.25. The zero-order valence-corrected chi connectivity index (χ0v) is 8.65. The smallest absolute Gasteiger partial charge is 0.321 e. The first-order valence-electron chi connectivity index (χ1n) is 5.27. The highest BCUT2D eigenvalue weighted by Crippen LogP contribution is 2.20. The van der Waals surface area contributed by atoms with E-state index in [-0.39, 0.29) is 12.5 Å². The van der Waals surface area contributed by atoms with Crippen molar-refractivity contribution in [3.05, 3.63) is 0 Å². The highest BCUT2D eigenvalue weighted by Gasteiger charge is 2.21. The zero-order valence-electron chi connectivity index (χ0n) is 8.65. The molecule has 1 aliphatic rings. The molecule has 5 heteroatoms. The second-order valence-corrected chi connectivity index (χ2v) is 3.90. The minimum atomic E-state index is -1.17. The van der Waals surface area contributed by atoms with Gasteiger partial charge < -0.3 is 15.6 Å². The normalized spacial score (nSPS) is 19.5. The molecule has 0 heterocycles. The van der Waals surface area contributed by atoms with Crippen LogP contribution in [0.3, 0.4) is 0 Å². The van der Waals surface area contributed by atoms with Crippen molar-refractivity contribution in [3.63, 3.8) is 0 Å². The van der Waals surface area contributed by atoms with Crippen LogP contribution in [0.1, 0.15) is 38.5 Å². The molecule has 0 amide bonds. The fourth-order valence-electron chi connectivity index (χ4n) is 1.68. The van der Waals surface area contributed by atoms with Gasteiger partial charge in [0.1, 0.15) is 12.1 Å². The third-order valence-corrected chi connectivity index (χ3v) is 2.55. The van der Waals surface area contributed by atoms with Crippen molar-refractivity contribution in [1.29, 1.82) is 0 Å². The number of esters is 1. The molecule has 0 spiro atoms. The molecule has 0 aromatic rings. The maximum atomic E-state index is 11.3. The van der Waals surface area contributed by atoms with Crippen LogP contribution >= 0.6 is 0 Å².